The molecule has 0 aliphatic carbocycles. The van der Waals surface area contributed by atoms with Crippen LogP contribution in [0.5, 0.6) is 0 Å². The third-order valence-electron chi connectivity index (χ3n) is 4.12. The molecule has 150 valence electrons. The smallest absolute Gasteiger partial charge is 0.236 e. The molecule has 0 aliphatic heterocycles. The first-order chi connectivity index (χ1) is 13.2. The van der Waals surface area contributed by atoms with E-state index in [-0.39, 0.29) is 24.0 Å². The lowest BCUT2D eigenvalue weighted by molar-refractivity contribution is 0.574. The van der Waals surface area contributed by atoms with Crippen LogP contribution in [0.2, 0.25) is 0 Å². The van der Waals surface area contributed by atoms with Crippen LogP contribution in [0.1, 0.15) is 31.5 Å². The topological polar surface area (TPSA) is 62.5 Å². The van der Waals surface area contributed by atoms with E-state index < -0.39 is 0 Å². The summed E-state index contributed by atoms with van der Waals surface area (Å²) in [5.41, 5.74) is 2.18. The number of aryl methyl sites for hydroxylation is 1. The highest BCUT2D eigenvalue weighted by molar-refractivity contribution is 14.0. The van der Waals surface area contributed by atoms with Gasteiger partial charge in [-0.1, -0.05) is 36.4 Å². The second-order valence-corrected chi connectivity index (χ2v) is 7.33. The van der Waals surface area contributed by atoms with Crippen LogP contribution in [-0.4, -0.2) is 23.5 Å². The molecule has 0 saturated heterocycles. The Labute approximate surface area is 187 Å². The first-order valence-electron chi connectivity index (χ1n) is 9.31. The highest BCUT2D eigenvalue weighted by Gasteiger charge is 2.09. The maximum absolute atomic E-state index is 5.56. The summed E-state index contributed by atoms with van der Waals surface area (Å²) < 4.78 is 5.56. The van der Waals surface area contributed by atoms with E-state index in [2.05, 4.69) is 64.8 Å². The molecular weight excluding hydrogens is 483 g/mol. The molecule has 0 radical (unpaired) electrons. The number of hydrogen-bond acceptors (Lipinski definition) is 4. The van der Waals surface area contributed by atoms with Crippen molar-refractivity contribution in [3.8, 4) is 10.8 Å². The molecule has 1 atom stereocenters. The zero-order valence-electron chi connectivity index (χ0n) is 16.2. The van der Waals surface area contributed by atoms with Gasteiger partial charge in [0.25, 0.3) is 0 Å². The van der Waals surface area contributed by atoms with E-state index in [9.17, 15) is 0 Å². The van der Waals surface area contributed by atoms with Crippen molar-refractivity contribution in [2.75, 3.05) is 6.54 Å². The number of nitrogens with one attached hydrogen (secondary N) is 2. The fourth-order valence-electron chi connectivity index (χ4n) is 2.71. The highest BCUT2D eigenvalue weighted by atomic mass is 127. The van der Waals surface area contributed by atoms with Gasteiger partial charge >= 0.3 is 0 Å². The SMILES string of the molecule is CCNC(=NCc1coc(-c2cccs2)n1)NC(C)CCc1ccccc1.I. The number of aromatic nitrogens is 1. The molecule has 0 saturated carbocycles. The predicted molar refractivity (Wildman–Crippen MR) is 127 cm³/mol. The van der Waals surface area contributed by atoms with Crippen molar-refractivity contribution in [2.24, 2.45) is 4.99 Å². The van der Waals surface area contributed by atoms with Gasteiger partial charge < -0.3 is 15.1 Å². The monoisotopic (exact) mass is 510 g/mol. The fraction of sp³-hybridized carbons (Fsp3) is 0.333. The van der Waals surface area contributed by atoms with Crippen molar-refractivity contribution in [1.82, 2.24) is 15.6 Å². The van der Waals surface area contributed by atoms with E-state index in [0.29, 0.717) is 18.5 Å². The van der Waals surface area contributed by atoms with Crippen LogP contribution in [0.25, 0.3) is 10.8 Å². The van der Waals surface area contributed by atoms with Gasteiger partial charge in [0.05, 0.1) is 11.4 Å². The van der Waals surface area contributed by atoms with Crippen molar-refractivity contribution in [1.29, 1.82) is 0 Å². The second kappa shape index (κ2) is 11.9. The van der Waals surface area contributed by atoms with Gasteiger partial charge in [-0.15, -0.1) is 35.3 Å². The van der Waals surface area contributed by atoms with Crippen molar-refractivity contribution in [2.45, 2.75) is 39.3 Å². The van der Waals surface area contributed by atoms with Gasteiger partial charge in [-0.05, 0) is 43.7 Å². The summed E-state index contributed by atoms with van der Waals surface area (Å²) in [6.07, 6.45) is 3.77. The Bertz CT molecular complexity index is 833. The number of hydrogen-bond donors (Lipinski definition) is 2. The second-order valence-electron chi connectivity index (χ2n) is 6.39. The third kappa shape index (κ3) is 6.94. The number of rotatable bonds is 8. The van der Waals surface area contributed by atoms with Gasteiger partial charge in [-0.2, -0.15) is 0 Å². The number of benzene rings is 1. The minimum absolute atomic E-state index is 0. The molecule has 2 heterocycles. The van der Waals surface area contributed by atoms with Crippen LogP contribution in [0.4, 0.5) is 0 Å². The van der Waals surface area contributed by atoms with Crippen LogP contribution in [-0.2, 0) is 13.0 Å². The summed E-state index contributed by atoms with van der Waals surface area (Å²) in [7, 11) is 0. The first-order valence-corrected chi connectivity index (χ1v) is 10.2. The summed E-state index contributed by atoms with van der Waals surface area (Å²) in [4.78, 5) is 10.2. The maximum atomic E-state index is 5.56. The largest absolute Gasteiger partial charge is 0.443 e. The summed E-state index contributed by atoms with van der Waals surface area (Å²) >= 11 is 1.62. The average molecular weight is 510 g/mol. The van der Waals surface area contributed by atoms with Crippen LogP contribution in [0.15, 0.2) is 63.5 Å². The van der Waals surface area contributed by atoms with Gasteiger partial charge in [0, 0.05) is 12.6 Å². The molecule has 28 heavy (non-hydrogen) atoms. The van der Waals surface area contributed by atoms with Gasteiger partial charge in [0.2, 0.25) is 5.89 Å². The third-order valence-corrected chi connectivity index (χ3v) is 4.98. The van der Waals surface area contributed by atoms with Crippen molar-refractivity contribution >= 4 is 41.3 Å². The molecule has 7 heteroatoms. The van der Waals surface area contributed by atoms with E-state index in [1.165, 1.54) is 5.56 Å². The summed E-state index contributed by atoms with van der Waals surface area (Å²) in [6.45, 7) is 5.55. The van der Waals surface area contributed by atoms with Gasteiger partial charge in [0.15, 0.2) is 5.96 Å². The van der Waals surface area contributed by atoms with Crippen molar-refractivity contribution in [3.05, 3.63) is 65.4 Å². The molecule has 5 nitrogen and oxygen atoms in total. The van der Waals surface area contributed by atoms with Crippen LogP contribution in [0.3, 0.4) is 0 Å². The van der Waals surface area contributed by atoms with Crippen molar-refractivity contribution in [3.63, 3.8) is 0 Å². The molecule has 3 aromatic rings. The molecule has 0 fully saturated rings. The normalized spacial score (nSPS) is 12.3. The Balaban J connectivity index is 0.00000280. The lowest BCUT2D eigenvalue weighted by Crippen LogP contribution is -2.42. The summed E-state index contributed by atoms with van der Waals surface area (Å²) in [5.74, 6) is 1.46. The van der Waals surface area contributed by atoms with Crippen LogP contribution in [0, 0.1) is 0 Å². The summed E-state index contributed by atoms with van der Waals surface area (Å²) in [5, 5.41) is 8.79. The Hall–Kier alpha value is -1.87. The Morgan fingerprint density at radius 3 is 2.75 bits per heavy atom. The Morgan fingerprint density at radius 1 is 1.21 bits per heavy atom. The predicted octanol–water partition coefficient (Wildman–Crippen LogP) is 5.10. The van der Waals surface area contributed by atoms with Gasteiger partial charge in [-0.25, -0.2) is 9.98 Å². The molecular formula is C21H27IN4OS. The summed E-state index contributed by atoms with van der Waals surface area (Å²) in [6, 6.07) is 14.9. The quantitative estimate of drug-likeness (QED) is 0.252. The number of halogens is 1. The van der Waals surface area contributed by atoms with Gasteiger partial charge in [-0.3, -0.25) is 0 Å². The number of nitrogens with zero attached hydrogens (tertiary/aromatic N) is 2. The minimum atomic E-state index is 0. The van der Waals surface area contributed by atoms with E-state index >= 15 is 0 Å². The molecule has 0 amide bonds. The standard InChI is InChI=1S/C21H26N4OS.HI/c1-3-22-21(24-16(2)11-12-17-8-5-4-6-9-17)23-14-18-15-26-20(25-18)19-10-7-13-27-19;/h4-10,13,15-16H,3,11-12,14H2,1-2H3,(H2,22,23,24);1H. The van der Waals surface area contributed by atoms with Crippen LogP contribution < -0.4 is 10.6 Å². The number of thiophene rings is 1. The molecule has 1 unspecified atom stereocenters. The zero-order valence-corrected chi connectivity index (χ0v) is 19.4. The Kier molecular flexibility index (Phi) is 9.49. The molecule has 2 N–H and O–H groups in total. The van der Waals surface area contributed by atoms with E-state index in [0.717, 1.165) is 35.9 Å². The first kappa shape index (κ1) is 22.4. The Morgan fingerprint density at radius 2 is 2.04 bits per heavy atom. The molecule has 0 aliphatic rings. The molecule has 3 rings (SSSR count). The van der Waals surface area contributed by atoms with Gasteiger partial charge in [0.1, 0.15) is 12.0 Å². The molecule has 2 aromatic heterocycles. The molecule has 0 bridgehead atoms. The van der Waals surface area contributed by atoms with Crippen LogP contribution >= 0.6 is 35.3 Å². The molecule has 1 aromatic carbocycles. The lowest BCUT2D eigenvalue weighted by atomic mass is 10.1. The number of aliphatic imine (C=N–C) groups is 1. The molecule has 0 spiro atoms. The fourth-order valence-corrected chi connectivity index (χ4v) is 3.36. The van der Waals surface area contributed by atoms with E-state index in [1.807, 2.05) is 17.5 Å². The zero-order chi connectivity index (χ0) is 18.9. The highest BCUT2D eigenvalue weighted by Crippen LogP contribution is 2.23. The maximum Gasteiger partial charge on any atom is 0.236 e. The number of oxazole rings is 1. The number of guanidine groups is 1. The van der Waals surface area contributed by atoms with E-state index in [4.69, 9.17) is 4.42 Å². The van der Waals surface area contributed by atoms with E-state index in [1.54, 1.807) is 17.6 Å². The average Bonchev–Trinajstić information content (AvgIpc) is 3.37. The van der Waals surface area contributed by atoms with Crippen molar-refractivity contribution < 1.29 is 4.42 Å². The lowest BCUT2D eigenvalue weighted by Gasteiger charge is -2.17. The minimum Gasteiger partial charge on any atom is -0.443 e.